The number of rotatable bonds is 5. The standard InChI is InChI=1S/C24H27Cl2N5O2/c1-3-21(22-27-19-8-6-5-7-17(19)23(32)31(22)4-2)29-11-13-30(14-12-29)24(33)28-20-10-9-16(25)15-18(20)26/h5-10,15,21H,3-4,11-14H2,1-2H3,(H,28,33). The maximum absolute atomic E-state index is 13.1. The molecule has 0 aliphatic carbocycles. The summed E-state index contributed by atoms with van der Waals surface area (Å²) in [4.78, 5) is 34.8. The summed E-state index contributed by atoms with van der Waals surface area (Å²) in [7, 11) is 0. The number of para-hydroxylation sites is 1. The Balaban J connectivity index is 1.50. The fraction of sp³-hybridized carbons (Fsp3) is 0.375. The summed E-state index contributed by atoms with van der Waals surface area (Å²) >= 11 is 12.1. The van der Waals surface area contributed by atoms with Crippen LogP contribution in [0.5, 0.6) is 0 Å². The Morgan fingerprint density at radius 3 is 2.48 bits per heavy atom. The summed E-state index contributed by atoms with van der Waals surface area (Å²) in [6.07, 6.45) is 0.817. The van der Waals surface area contributed by atoms with Crippen molar-refractivity contribution in [1.82, 2.24) is 19.4 Å². The van der Waals surface area contributed by atoms with E-state index < -0.39 is 0 Å². The average molecular weight is 488 g/mol. The molecule has 2 amide bonds. The molecular formula is C24H27Cl2N5O2. The third-order valence-corrected chi connectivity index (χ3v) is 6.65. The first-order valence-electron chi connectivity index (χ1n) is 11.2. The van der Waals surface area contributed by atoms with Gasteiger partial charge in [0, 0.05) is 37.7 Å². The summed E-state index contributed by atoms with van der Waals surface area (Å²) < 4.78 is 1.78. The zero-order valence-corrected chi connectivity index (χ0v) is 20.2. The van der Waals surface area contributed by atoms with E-state index in [1.807, 2.05) is 31.2 Å². The first kappa shape index (κ1) is 23.5. The molecule has 1 N–H and O–H groups in total. The van der Waals surface area contributed by atoms with Crippen LogP contribution in [0.3, 0.4) is 0 Å². The summed E-state index contributed by atoms with van der Waals surface area (Å²) in [6, 6.07) is 12.3. The van der Waals surface area contributed by atoms with E-state index in [0.29, 0.717) is 53.8 Å². The van der Waals surface area contributed by atoms with Crippen molar-refractivity contribution in [2.75, 3.05) is 31.5 Å². The van der Waals surface area contributed by atoms with E-state index in [0.717, 1.165) is 17.8 Å². The van der Waals surface area contributed by atoms with E-state index in [4.69, 9.17) is 28.2 Å². The van der Waals surface area contributed by atoms with Crippen LogP contribution in [0.4, 0.5) is 10.5 Å². The second-order valence-electron chi connectivity index (χ2n) is 8.04. The molecule has 0 radical (unpaired) electrons. The maximum Gasteiger partial charge on any atom is 0.321 e. The number of hydrogen-bond acceptors (Lipinski definition) is 4. The van der Waals surface area contributed by atoms with Gasteiger partial charge in [0.2, 0.25) is 0 Å². The lowest BCUT2D eigenvalue weighted by atomic mass is 10.1. The molecular weight excluding hydrogens is 461 g/mol. The lowest BCUT2D eigenvalue weighted by Crippen LogP contribution is -2.51. The highest BCUT2D eigenvalue weighted by molar-refractivity contribution is 6.36. The minimum atomic E-state index is -0.193. The van der Waals surface area contributed by atoms with Gasteiger partial charge in [0.05, 0.1) is 27.7 Å². The molecule has 4 rings (SSSR count). The highest BCUT2D eigenvalue weighted by Gasteiger charge is 2.29. The smallest absolute Gasteiger partial charge is 0.321 e. The van der Waals surface area contributed by atoms with Gasteiger partial charge >= 0.3 is 6.03 Å². The number of piperazine rings is 1. The Hall–Kier alpha value is -2.61. The number of hydrogen-bond donors (Lipinski definition) is 1. The predicted molar refractivity (Wildman–Crippen MR) is 133 cm³/mol. The van der Waals surface area contributed by atoms with Crippen LogP contribution >= 0.6 is 23.2 Å². The summed E-state index contributed by atoms with van der Waals surface area (Å²) in [5.74, 6) is 0.787. The Morgan fingerprint density at radius 1 is 1.09 bits per heavy atom. The highest BCUT2D eigenvalue weighted by Crippen LogP contribution is 2.27. The number of halogens is 2. The SMILES string of the molecule is CCC(c1nc2ccccc2c(=O)n1CC)N1CCN(C(=O)Nc2ccc(Cl)cc2Cl)CC1. The van der Waals surface area contributed by atoms with Gasteiger partial charge in [-0.25, -0.2) is 9.78 Å². The maximum atomic E-state index is 13.1. The number of carbonyl (C=O) groups is 1. The number of nitrogens with one attached hydrogen (secondary N) is 1. The molecule has 3 aromatic rings. The molecule has 1 saturated heterocycles. The minimum absolute atomic E-state index is 0.00169. The van der Waals surface area contributed by atoms with Crippen LogP contribution in [0.15, 0.2) is 47.3 Å². The zero-order chi connectivity index (χ0) is 23.5. The number of carbonyl (C=O) groups excluding carboxylic acids is 1. The summed E-state index contributed by atoms with van der Waals surface area (Å²) in [5.41, 5.74) is 1.25. The van der Waals surface area contributed by atoms with Crippen molar-refractivity contribution in [2.24, 2.45) is 0 Å². The van der Waals surface area contributed by atoms with Crippen molar-refractivity contribution in [3.8, 4) is 0 Å². The molecule has 2 aromatic carbocycles. The zero-order valence-electron chi connectivity index (χ0n) is 18.7. The monoisotopic (exact) mass is 487 g/mol. The van der Waals surface area contributed by atoms with E-state index >= 15 is 0 Å². The van der Waals surface area contributed by atoms with Gasteiger partial charge in [-0.3, -0.25) is 14.3 Å². The van der Waals surface area contributed by atoms with Crippen LogP contribution in [-0.4, -0.2) is 51.6 Å². The predicted octanol–water partition coefficient (Wildman–Crippen LogP) is 5.02. The van der Waals surface area contributed by atoms with Gasteiger partial charge in [-0.15, -0.1) is 0 Å². The van der Waals surface area contributed by atoms with E-state index in [1.54, 1.807) is 27.7 Å². The van der Waals surface area contributed by atoms with Crippen LogP contribution < -0.4 is 10.9 Å². The molecule has 7 nitrogen and oxygen atoms in total. The van der Waals surface area contributed by atoms with Crippen molar-refractivity contribution in [1.29, 1.82) is 0 Å². The van der Waals surface area contributed by atoms with Gasteiger partial charge in [0.25, 0.3) is 5.56 Å². The molecule has 0 spiro atoms. The molecule has 9 heteroatoms. The number of amides is 2. The molecule has 1 fully saturated rings. The Bertz CT molecular complexity index is 1220. The molecule has 1 unspecified atom stereocenters. The van der Waals surface area contributed by atoms with Crippen LogP contribution in [0.25, 0.3) is 10.9 Å². The second-order valence-corrected chi connectivity index (χ2v) is 8.88. The fourth-order valence-corrected chi connectivity index (χ4v) is 4.83. The third kappa shape index (κ3) is 4.86. The molecule has 33 heavy (non-hydrogen) atoms. The van der Waals surface area contributed by atoms with Crippen molar-refractivity contribution in [3.63, 3.8) is 0 Å². The van der Waals surface area contributed by atoms with Gasteiger partial charge in [-0.2, -0.15) is 0 Å². The average Bonchev–Trinajstić information content (AvgIpc) is 2.82. The van der Waals surface area contributed by atoms with Crippen LogP contribution in [0, 0.1) is 0 Å². The van der Waals surface area contributed by atoms with E-state index in [9.17, 15) is 9.59 Å². The van der Waals surface area contributed by atoms with Gasteiger partial charge in [0.1, 0.15) is 5.82 Å². The van der Waals surface area contributed by atoms with Gasteiger partial charge < -0.3 is 10.2 Å². The topological polar surface area (TPSA) is 70.5 Å². The third-order valence-electron chi connectivity index (χ3n) is 6.11. The van der Waals surface area contributed by atoms with E-state index in [-0.39, 0.29) is 17.6 Å². The van der Waals surface area contributed by atoms with E-state index in [1.165, 1.54) is 0 Å². The highest BCUT2D eigenvalue weighted by atomic mass is 35.5. The van der Waals surface area contributed by atoms with Gasteiger partial charge in [-0.1, -0.05) is 42.3 Å². The first-order chi connectivity index (χ1) is 15.9. The van der Waals surface area contributed by atoms with Crippen molar-refractivity contribution in [3.05, 3.63) is 68.7 Å². The van der Waals surface area contributed by atoms with Crippen LogP contribution in [0.2, 0.25) is 10.0 Å². The van der Waals surface area contributed by atoms with Crippen molar-refractivity contribution < 1.29 is 4.79 Å². The molecule has 1 atom stereocenters. The largest absolute Gasteiger partial charge is 0.322 e. The molecule has 1 aromatic heterocycles. The van der Waals surface area contributed by atoms with Gasteiger partial charge in [-0.05, 0) is 43.7 Å². The van der Waals surface area contributed by atoms with Crippen molar-refractivity contribution in [2.45, 2.75) is 32.9 Å². The fourth-order valence-electron chi connectivity index (χ4n) is 4.37. The van der Waals surface area contributed by atoms with Crippen LogP contribution in [0.1, 0.15) is 32.1 Å². The molecule has 0 bridgehead atoms. The van der Waals surface area contributed by atoms with Crippen molar-refractivity contribution >= 4 is 45.8 Å². The summed E-state index contributed by atoms with van der Waals surface area (Å²) in [6.45, 7) is 7.15. The number of urea groups is 1. The Morgan fingerprint density at radius 2 is 1.82 bits per heavy atom. The number of anilines is 1. The Labute approximate surface area is 202 Å². The van der Waals surface area contributed by atoms with Crippen LogP contribution in [-0.2, 0) is 6.54 Å². The quantitative estimate of drug-likeness (QED) is 0.548. The lowest BCUT2D eigenvalue weighted by Gasteiger charge is -2.39. The normalized spacial score (nSPS) is 15.6. The lowest BCUT2D eigenvalue weighted by molar-refractivity contribution is 0.105. The molecule has 2 heterocycles. The number of nitrogens with zero attached hydrogens (tertiary/aromatic N) is 4. The van der Waals surface area contributed by atoms with E-state index in [2.05, 4.69) is 17.1 Å². The Kier molecular flexibility index (Phi) is 7.22. The molecule has 174 valence electrons. The molecule has 1 aliphatic heterocycles. The first-order valence-corrected chi connectivity index (χ1v) is 11.9. The summed E-state index contributed by atoms with van der Waals surface area (Å²) in [5, 5.41) is 4.42. The number of aromatic nitrogens is 2. The molecule has 1 aliphatic rings. The van der Waals surface area contributed by atoms with Gasteiger partial charge in [0.15, 0.2) is 0 Å². The number of fused-ring (bicyclic) bond motifs is 1. The molecule has 0 saturated carbocycles. The number of benzene rings is 2. The minimum Gasteiger partial charge on any atom is -0.322 e. The second kappa shape index (κ2) is 10.1.